The van der Waals surface area contributed by atoms with Gasteiger partial charge in [-0.15, -0.1) is 0 Å². The smallest absolute Gasteiger partial charge is 0.231 e. The number of pyridine rings is 1. The summed E-state index contributed by atoms with van der Waals surface area (Å²) < 4.78 is 10.7. The SMILES string of the molecule is CCNC(=NCc1ccc2c(c1)OCO2)NCCc1ccc(C)nc1. The number of hydrogen-bond acceptors (Lipinski definition) is 4. The Hall–Kier alpha value is -2.76. The molecule has 1 aromatic carbocycles. The van der Waals surface area contributed by atoms with Crippen LogP contribution in [0.25, 0.3) is 0 Å². The van der Waals surface area contributed by atoms with Crippen LogP contribution in [0, 0.1) is 6.92 Å². The number of rotatable bonds is 6. The summed E-state index contributed by atoms with van der Waals surface area (Å²) in [4.78, 5) is 8.96. The van der Waals surface area contributed by atoms with Gasteiger partial charge in [0.1, 0.15) is 0 Å². The molecule has 2 aromatic rings. The highest BCUT2D eigenvalue weighted by atomic mass is 16.7. The largest absolute Gasteiger partial charge is 0.454 e. The van der Waals surface area contributed by atoms with Gasteiger partial charge in [0.2, 0.25) is 6.79 Å². The number of aryl methyl sites for hydroxylation is 1. The fraction of sp³-hybridized carbons (Fsp3) is 0.368. The number of hydrogen-bond donors (Lipinski definition) is 2. The lowest BCUT2D eigenvalue weighted by Gasteiger charge is -2.11. The molecule has 6 nitrogen and oxygen atoms in total. The van der Waals surface area contributed by atoms with Gasteiger partial charge >= 0.3 is 0 Å². The monoisotopic (exact) mass is 340 g/mol. The maximum absolute atomic E-state index is 5.41. The van der Waals surface area contributed by atoms with E-state index in [0.717, 1.165) is 48.2 Å². The van der Waals surface area contributed by atoms with Crippen molar-refractivity contribution >= 4 is 5.96 Å². The average Bonchev–Trinajstić information content (AvgIpc) is 3.09. The van der Waals surface area contributed by atoms with Crippen molar-refractivity contribution in [3.8, 4) is 11.5 Å². The van der Waals surface area contributed by atoms with Crippen molar-refractivity contribution in [2.75, 3.05) is 19.9 Å². The minimum atomic E-state index is 0.292. The lowest BCUT2D eigenvalue weighted by Crippen LogP contribution is -2.38. The molecule has 0 saturated heterocycles. The fourth-order valence-corrected chi connectivity index (χ4v) is 2.52. The highest BCUT2D eigenvalue weighted by Crippen LogP contribution is 2.32. The second kappa shape index (κ2) is 8.37. The molecule has 0 unspecified atom stereocenters. The molecule has 2 heterocycles. The summed E-state index contributed by atoms with van der Waals surface area (Å²) in [5, 5.41) is 6.63. The van der Waals surface area contributed by atoms with Crippen molar-refractivity contribution < 1.29 is 9.47 Å². The third kappa shape index (κ3) is 4.86. The van der Waals surface area contributed by atoms with Crippen molar-refractivity contribution in [2.45, 2.75) is 26.8 Å². The molecule has 132 valence electrons. The third-order valence-corrected chi connectivity index (χ3v) is 3.88. The zero-order chi connectivity index (χ0) is 17.5. The van der Waals surface area contributed by atoms with Crippen LogP contribution in [-0.2, 0) is 13.0 Å². The Morgan fingerprint density at radius 2 is 1.96 bits per heavy atom. The van der Waals surface area contributed by atoms with Gasteiger partial charge in [0.15, 0.2) is 17.5 Å². The molecule has 0 spiro atoms. The van der Waals surface area contributed by atoms with E-state index in [0.29, 0.717) is 13.3 Å². The van der Waals surface area contributed by atoms with Crippen LogP contribution in [0.1, 0.15) is 23.7 Å². The van der Waals surface area contributed by atoms with Crippen molar-refractivity contribution in [2.24, 2.45) is 4.99 Å². The standard InChI is InChI=1S/C19H24N4O2/c1-3-20-19(21-9-8-15-5-4-14(2)22-11-15)23-12-16-6-7-17-18(10-16)25-13-24-17/h4-7,10-11H,3,8-9,12-13H2,1-2H3,(H2,20,21,23). The van der Waals surface area contributed by atoms with Crippen LogP contribution in [0.3, 0.4) is 0 Å². The van der Waals surface area contributed by atoms with Crippen LogP contribution in [0.2, 0.25) is 0 Å². The van der Waals surface area contributed by atoms with E-state index in [1.54, 1.807) is 0 Å². The summed E-state index contributed by atoms with van der Waals surface area (Å²) in [6.07, 6.45) is 2.83. The van der Waals surface area contributed by atoms with Gasteiger partial charge in [-0.2, -0.15) is 0 Å². The van der Waals surface area contributed by atoms with E-state index in [2.05, 4.69) is 33.6 Å². The normalized spacial score (nSPS) is 13.0. The minimum absolute atomic E-state index is 0.292. The number of fused-ring (bicyclic) bond motifs is 1. The maximum atomic E-state index is 5.41. The van der Waals surface area contributed by atoms with Gasteiger partial charge in [-0.1, -0.05) is 12.1 Å². The number of aliphatic imine (C=N–C) groups is 1. The Morgan fingerprint density at radius 3 is 2.76 bits per heavy atom. The zero-order valence-corrected chi connectivity index (χ0v) is 14.7. The van der Waals surface area contributed by atoms with E-state index in [-0.39, 0.29) is 0 Å². The van der Waals surface area contributed by atoms with Gasteiger partial charge in [0, 0.05) is 25.0 Å². The summed E-state index contributed by atoms with van der Waals surface area (Å²) in [5.41, 5.74) is 3.34. The highest BCUT2D eigenvalue weighted by Gasteiger charge is 2.12. The minimum Gasteiger partial charge on any atom is -0.454 e. The molecule has 1 aromatic heterocycles. The first kappa shape index (κ1) is 17.1. The molecule has 3 rings (SSSR count). The van der Waals surface area contributed by atoms with Gasteiger partial charge in [-0.25, -0.2) is 4.99 Å². The maximum Gasteiger partial charge on any atom is 0.231 e. The molecule has 25 heavy (non-hydrogen) atoms. The zero-order valence-electron chi connectivity index (χ0n) is 14.7. The number of nitrogens with one attached hydrogen (secondary N) is 2. The molecule has 0 aliphatic carbocycles. The van der Waals surface area contributed by atoms with Crippen LogP contribution < -0.4 is 20.1 Å². The number of benzene rings is 1. The Morgan fingerprint density at radius 1 is 1.12 bits per heavy atom. The Bertz CT molecular complexity index is 729. The molecule has 0 bridgehead atoms. The first-order valence-corrected chi connectivity index (χ1v) is 8.57. The molecule has 0 fully saturated rings. The van der Waals surface area contributed by atoms with Gasteiger partial charge in [-0.05, 0) is 49.6 Å². The predicted octanol–water partition coefficient (Wildman–Crippen LogP) is 2.42. The first-order valence-electron chi connectivity index (χ1n) is 8.57. The summed E-state index contributed by atoms with van der Waals surface area (Å²) in [6, 6.07) is 10.1. The fourth-order valence-electron chi connectivity index (χ4n) is 2.52. The van der Waals surface area contributed by atoms with Gasteiger partial charge < -0.3 is 20.1 Å². The predicted molar refractivity (Wildman–Crippen MR) is 98.1 cm³/mol. The first-order chi connectivity index (χ1) is 12.2. The second-order valence-corrected chi connectivity index (χ2v) is 5.87. The molecular weight excluding hydrogens is 316 g/mol. The molecule has 0 amide bonds. The third-order valence-electron chi connectivity index (χ3n) is 3.88. The van der Waals surface area contributed by atoms with Crippen LogP contribution in [0.4, 0.5) is 0 Å². The topological polar surface area (TPSA) is 67.8 Å². The summed E-state index contributed by atoms with van der Waals surface area (Å²) in [6.45, 7) is 6.55. The van der Waals surface area contributed by atoms with E-state index in [1.807, 2.05) is 37.4 Å². The average molecular weight is 340 g/mol. The van der Waals surface area contributed by atoms with E-state index in [4.69, 9.17) is 9.47 Å². The van der Waals surface area contributed by atoms with E-state index < -0.39 is 0 Å². The molecule has 1 aliphatic rings. The van der Waals surface area contributed by atoms with E-state index >= 15 is 0 Å². The highest BCUT2D eigenvalue weighted by molar-refractivity contribution is 5.79. The van der Waals surface area contributed by atoms with E-state index in [9.17, 15) is 0 Å². The summed E-state index contributed by atoms with van der Waals surface area (Å²) >= 11 is 0. The molecule has 1 aliphatic heterocycles. The second-order valence-electron chi connectivity index (χ2n) is 5.87. The quantitative estimate of drug-likeness (QED) is 0.624. The Labute approximate surface area is 148 Å². The summed E-state index contributed by atoms with van der Waals surface area (Å²) in [5.74, 6) is 2.39. The molecule has 0 saturated carbocycles. The van der Waals surface area contributed by atoms with Crippen molar-refractivity contribution in [1.29, 1.82) is 0 Å². The molecule has 0 atom stereocenters. The number of aromatic nitrogens is 1. The van der Waals surface area contributed by atoms with E-state index in [1.165, 1.54) is 5.56 Å². The number of guanidine groups is 1. The van der Waals surface area contributed by atoms with Crippen LogP contribution in [-0.4, -0.2) is 30.8 Å². The van der Waals surface area contributed by atoms with Gasteiger partial charge in [0.05, 0.1) is 6.54 Å². The van der Waals surface area contributed by atoms with Gasteiger partial charge in [0.25, 0.3) is 0 Å². The van der Waals surface area contributed by atoms with Crippen LogP contribution >= 0.6 is 0 Å². The Kier molecular flexibility index (Phi) is 5.72. The van der Waals surface area contributed by atoms with Crippen LogP contribution in [0.15, 0.2) is 41.5 Å². The number of ether oxygens (including phenoxy) is 2. The molecule has 6 heteroatoms. The van der Waals surface area contributed by atoms with Crippen molar-refractivity contribution in [1.82, 2.24) is 15.6 Å². The van der Waals surface area contributed by atoms with Crippen LogP contribution in [0.5, 0.6) is 11.5 Å². The van der Waals surface area contributed by atoms with Crippen molar-refractivity contribution in [3.63, 3.8) is 0 Å². The number of nitrogens with zero attached hydrogens (tertiary/aromatic N) is 2. The lowest BCUT2D eigenvalue weighted by atomic mass is 10.2. The van der Waals surface area contributed by atoms with Gasteiger partial charge in [-0.3, -0.25) is 4.98 Å². The Balaban J connectivity index is 1.54. The molecular formula is C19H24N4O2. The van der Waals surface area contributed by atoms with Crippen molar-refractivity contribution in [3.05, 3.63) is 53.3 Å². The lowest BCUT2D eigenvalue weighted by molar-refractivity contribution is 0.174. The molecule has 2 N–H and O–H groups in total. The molecule has 0 radical (unpaired) electrons. The summed E-state index contributed by atoms with van der Waals surface area (Å²) in [7, 11) is 0.